The largest absolute Gasteiger partial charge is 0.446 e. The number of halogens is 1. The molecule has 18 heavy (non-hydrogen) atoms. The quantitative estimate of drug-likeness (QED) is 0.866. The first-order valence-corrected chi connectivity index (χ1v) is 6.67. The first-order valence-electron chi connectivity index (χ1n) is 5.87. The zero-order valence-electron chi connectivity index (χ0n) is 10.6. The fraction of sp³-hybridized carbons (Fsp3) is 0.500. The third-order valence-corrected chi connectivity index (χ3v) is 2.96. The molecule has 1 atom stereocenters. The Balaban J connectivity index is 2.32. The van der Waals surface area contributed by atoms with Crippen LogP contribution in [0.15, 0.2) is 16.7 Å². The number of carbonyl (C=O) groups excluding carboxylic acids is 1. The molecule has 1 aliphatic rings. The average Bonchev–Trinajstić information content (AvgIpc) is 2.27. The molecule has 0 saturated carbocycles. The van der Waals surface area contributed by atoms with Crippen LogP contribution in [0, 0.1) is 0 Å². The van der Waals surface area contributed by atoms with Crippen molar-refractivity contribution in [1.29, 1.82) is 0 Å². The zero-order valence-corrected chi connectivity index (χ0v) is 12.2. The normalized spacial score (nSPS) is 18.3. The summed E-state index contributed by atoms with van der Waals surface area (Å²) in [6.45, 7) is 6.24. The van der Waals surface area contributed by atoms with E-state index in [9.17, 15) is 4.79 Å². The molecule has 5 nitrogen and oxygen atoms in total. The summed E-state index contributed by atoms with van der Waals surface area (Å²) in [5, 5.41) is 3.24. The second-order valence-corrected chi connectivity index (χ2v) is 5.53. The minimum Gasteiger partial charge on any atom is -0.446 e. The van der Waals surface area contributed by atoms with Gasteiger partial charge in [0.25, 0.3) is 0 Å². The van der Waals surface area contributed by atoms with Crippen molar-refractivity contribution in [3.8, 4) is 0 Å². The van der Waals surface area contributed by atoms with Gasteiger partial charge in [-0.3, -0.25) is 4.90 Å². The van der Waals surface area contributed by atoms with Crippen molar-refractivity contribution in [2.45, 2.75) is 32.9 Å². The number of hydrogen-bond acceptors (Lipinski definition) is 4. The molecule has 1 N–H and O–H groups in total. The lowest BCUT2D eigenvalue weighted by atomic mass is 10.2. The van der Waals surface area contributed by atoms with Crippen molar-refractivity contribution in [2.75, 3.05) is 16.8 Å². The third kappa shape index (κ3) is 2.75. The number of rotatable bonds is 1. The summed E-state index contributed by atoms with van der Waals surface area (Å²) >= 11 is 3.36. The van der Waals surface area contributed by atoms with Crippen molar-refractivity contribution < 1.29 is 9.53 Å². The Hall–Kier alpha value is -1.30. The van der Waals surface area contributed by atoms with Crippen molar-refractivity contribution in [2.24, 2.45) is 0 Å². The van der Waals surface area contributed by atoms with Gasteiger partial charge in [-0.25, -0.2) is 9.78 Å². The number of pyridine rings is 1. The van der Waals surface area contributed by atoms with Gasteiger partial charge in [0.2, 0.25) is 0 Å². The van der Waals surface area contributed by atoms with E-state index in [0.717, 1.165) is 10.2 Å². The number of ether oxygens (including phenoxy) is 1. The van der Waals surface area contributed by atoms with E-state index >= 15 is 0 Å². The highest BCUT2D eigenvalue weighted by Crippen LogP contribution is 2.31. The zero-order chi connectivity index (χ0) is 13.3. The van der Waals surface area contributed by atoms with Gasteiger partial charge in [0.05, 0.1) is 11.8 Å². The summed E-state index contributed by atoms with van der Waals surface area (Å²) in [4.78, 5) is 18.0. The summed E-state index contributed by atoms with van der Waals surface area (Å²) in [6, 6.07) is 2.01. The van der Waals surface area contributed by atoms with Crippen LogP contribution >= 0.6 is 15.9 Å². The Labute approximate surface area is 115 Å². The summed E-state index contributed by atoms with van der Waals surface area (Å²) in [5.74, 6) is 0.706. The molecule has 1 aliphatic heterocycles. The Bertz CT molecular complexity index is 465. The molecule has 0 bridgehead atoms. The average molecular weight is 314 g/mol. The summed E-state index contributed by atoms with van der Waals surface area (Å²) in [5.41, 5.74) is 0.744. The van der Waals surface area contributed by atoms with Crippen molar-refractivity contribution in [3.63, 3.8) is 0 Å². The van der Waals surface area contributed by atoms with E-state index in [1.165, 1.54) is 0 Å². The van der Waals surface area contributed by atoms with Gasteiger partial charge < -0.3 is 10.1 Å². The van der Waals surface area contributed by atoms with Gasteiger partial charge in [-0.15, -0.1) is 0 Å². The van der Waals surface area contributed by atoms with Gasteiger partial charge in [-0.05, 0) is 42.8 Å². The minimum absolute atomic E-state index is 0.133. The van der Waals surface area contributed by atoms with Crippen molar-refractivity contribution in [3.05, 3.63) is 16.7 Å². The van der Waals surface area contributed by atoms with Gasteiger partial charge in [0, 0.05) is 23.3 Å². The molecule has 2 heterocycles. The molecule has 1 aromatic heterocycles. The molecular formula is C12H16BrN3O2. The van der Waals surface area contributed by atoms with Crippen LogP contribution in [-0.4, -0.2) is 29.8 Å². The van der Waals surface area contributed by atoms with Crippen molar-refractivity contribution >= 4 is 33.5 Å². The lowest BCUT2D eigenvalue weighted by molar-refractivity contribution is 0.122. The van der Waals surface area contributed by atoms with Crippen molar-refractivity contribution in [1.82, 2.24) is 4.98 Å². The molecule has 0 aliphatic carbocycles. The second-order valence-electron chi connectivity index (χ2n) is 4.61. The van der Waals surface area contributed by atoms with Gasteiger partial charge in [-0.1, -0.05) is 0 Å². The predicted octanol–water partition coefficient (Wildman–Crippen LogP) is 3.01. The Morgan fingerprint density at radius 2 is 2.39 bits per heavy atom. The van der Waals surface area contributed by atoms with Gasteiger partial charge >= 0.3 is 6.09 Å². The van der Waals surface area contributed by atoms with Crippen LogP contribution in [0.3, 0.4) is 0 Å². The number of anilines is 2. The maximum absolute atomic E-state index is 12.1. The summed E-state index contributed by atoms with van der Waals surface area (Å²) in [6.07, 6.45) is 1.24. The number of carbonyl (C=O) groups is 1. The molecule has 0 spiro atoms. The molecular weight excluding hydrogens is 298 g/mol. The Morgan fingerprint density at radius 1 is 1.67 bits per heavy atom. The highest BCUT2D eigenvalue weighted by molar-refractivity contribution is 9.10. The van der Waals surface area contributed by atoms with Crippen LogP contribution in [0.4, 0.5) is 16.3 Å². The number of nitrogens with one attached hydrogen (secondary N) is 1. The molecule has 1 unspecified atom stereocenters. The van der Waals surface area contributed by atoms with Crippen LogP contribution in [0.2, 0.25) is 0 Å². The van der Waals surface area contributed by atoms with E-state index in [-0.39, 0.29) is 18.2 Å². The number of amides is 1. The molecule has 6 heteroatoms. The first-order chi connectivity index (χ1) is 8.47. The number of hydrogen-bond donors (Lipinski definition) is 1. The van der Waals surface area contributed by atoms with E-state index in [2.05, 4.69) is 26.2 Å². The van der Waals surface area contributed by atoms with Crippen LogP contribution < -0.4 is 10.2 Å². The minimum atomic E-state index is -0.334. The molecule has 0 fully saturated rings. The molecule has 0 saturated heterocycles. The molecule has 2 rings (SSSR count). The fourth-order valence-electron chi connectivity index (χ4n) is 1.83. The topological polar surface area (TPSA) is 54.5 Å². The van der Waals surface area contributed by atoms with E-state index in [1.807, 2.05) is 26.8 Å². The second kappa shape index (κ2) is 5.14. The SMILES string of the molecule is CC1CN(C(=O)OC(C)C)c2cc(Br)cnc2N1. The lowest BCUT2D eigenvalue weighted by Crippen LogP contribution is -2.44. The number of aromatic nitrogens is 1. The molecule has 98 valence electrons. The third-order valence-electron chi connectivity index (χ3n) is 2.52. The first kappa shape index (κ1) is 13.1. The van der Waals surface area contributed by atoms with Gasteiger partial charge in [-0.2, -0.15) is 0 Å². The maximum atomic E-state index is 12.1. The van der Waals surface area contributed by atoms with E-state index < -0.39 is 0 Å². The van der Waals surface area contributed by atoms with Gasteiger partial charge in [0.15, 0.2) is 0 Å². The smallest absolute Gasteiger partial charge is 0.414 e. The lowest BCUT2D eigenvalue weighted by Gasteiger charge is -2.33. The maximum Gasteiger partial charge on any atom is 0.414 e. The monoisotopic (exact) mass is 313 g/mol. The fourth-order valence-corrected chi connectivity index (χ4v) is 2.15. The van der Waals surface area contributed by atoms with Crippen LogP contribution in [-0.2, 0) is 4.74 Å². The van der Waals surface area contributed by atoms with E-state index in [1.54, 1.807) is 11.1 Å². The predicted molar refractivity (Wildman–Crippen MR) is 74.0 cm³/mol. The van der Waals surface area contributed by atoms with Crippen LogP contribution in [0.1, 0.15) is 20.8 Å². The Morgan fingerprint density at radius 3 is 3.06 bits per heavy atom. The van der Waals surface area contributed by atoms with E-state index in [0.29, 0.717) is 12.4 Å². The molecule has 0 aromatic carbocycles. The summed E-state index contributed by atoms with van der Waals surface area (Å²) < 4.78 is 6.08. The standard InChI is InChI=1S/C12H16BrN3O2/c1-7(2)18-12(17)16-6-8(3)15-11-10(16)4-9(13)5-14-11/h4-5,7-8H,6H2,1-3H3,(H,14,15). The van der Waals surface area contributed by atoms with E-state index in [4.69, 9.17) is 4.74 Å². The highest BCUT2D eigenvalue weighted by Gasteiger charge is 2.28. The molecule has 1 aromatic rings. The van der Waals surface area contributed by atoms with Gasteiger partial charge in [0.1, 0.15) is 5.82 Å². The number of fused-ring (bicyclic) bond motifs is 1. The number of nitrogens with zero attached hydrogens (tertiary/aromatic N) is 2. The molecule has 0 radical (unpaired) electrons. The highest BCUT2D eigenvalue weighted by atomic mass is 79.9. The molecule has 1 amide bonds. The Kier molecular flexibility index (Phi) is 3.75. The van der Waals surface area contributed by atoms with Crippen LogP contribution in [0.5, 0.6) is 0 Å². The van der Waals surface area contributed by atoms with Crippen LogP contribution in [0.25, 0.3) is 0 Å². The summed E-state index contributed by atoms with van der Waals surface area (Å²) in [7, 11) is 0.